The van der Waals surface area contributed by atoms with Gasteiger partial charge in [0.15, 0.2) is 5.78 Å². The lowest BCUT2D eigenvalue weighted by atomic mass is 10.1. The molecule has 0 aliphatic heterocycles. The van der Waals surface area contributed by atoms with Gasteiger partial charge in [0, 0.05) is 0 Å². The van der Waals surface area contributed by atoms with Gasteiger partial charge < -0.3 is 9.47 Å². The molecule has 2 N–H and O–H groups in total. The van der Waals surface area contributed by atoms with Crippen LogP contribution in [0.25, 0.3) is 6.08 Å². The molecule has 2 aromatic carbocycles. The number of nitrogens with two attached hydrogens (primary N) is 1. The SMILES string of the molecule is CCOc1cccc(OCC)c1C(=O)/C=C/c1ccc(S(N)(=O)=O)cc1. The zero-order chi connectivity index (χ0) is 19.2. The standard InChI is InChI=1S/C19H21NO5S/c1-3-24-17-6-5-7-18(25-4-2)19(17)16(21)13-10-14-8-11-15(12-9-14)26(20,22)23/h5-13H,3-4H2,1-2H3,(H2,20,22,23)/b13-10+. The highest BCUT2D eigenvalue weighted by molar-refractivity contribution is 7.89. The van der Waals surface area contributed by atoms with Crippen LogP contribution < -0.4 is 14.6 Å². The Labute approximate surface area is 153 Å². The van der Waals surface area contributed by atoms with E-state index < -0.39 is 10.0 Å². The molecule has 2 aromatic rings. The van der Waals surface area contributed by atoms with Crippen molar-refractivity contribution in [3.63, 3.8) is 0 Å². The third-order valence-corrected chi connectivity index (χ3v) is 4.40. The molecule has 0 aliphatic rings. The molecule has 0 saturated heterocycles. The van der Waals surface area contributed by atoms with Crippen LogP contribution in [-0.2, 0) is 10.0 Å². The minimum absolute atomic E-state index is 0.0151. The quantitative estimate of drug-likeness (QED) is 0.565. The van der Waals surface area contributed by atoms with E-state index in [1.807, 2.05) is 13.8 Å². The molecule has 0 unspecified atom stereocenters. The summed E-state index contributed by atoms with van der Waals surface area (Å²) >= 11 is 0. The topological polar surface area (TPSA) is 95.7 Å². The van der Waals surface area contributed by atoms with E-state index in [2.05, 4.69) is 0 Å². The lowest BCUT2D eigenvalue weighted by Gasteiger charge is -2.13. The second-order valence-electron chi connectivity index (χ2n) is 5.31. The van der Waals surface area contributed by atoms with Crippen LogP contribution in [0.3, 0.4) is 0 Å². The van der Waals surface area contributed by atoms with E-state index in [-0.39, 0.29) is 10.7 Å². The normalized spacial score (nSPS) is 11.5. The maximum Gasteiger partial charge on any atom is 0.238 e. The molecule has 138 valence electrons. The number of allylic oxidation sites excluding steroid dienone is 1. The summed E-state index contributed by atoms with van der Waals surface area (Å²) in [6, 6.07) is 11.1. The number of carbonyl (C=O) groups is 1. The first kappa shape index (κ1) is 19.7. The summed E-state index contributed by atoms with van der Waals surface area (Å²) in [5.41, 5.74) is 1.02. The molecule has 0 fully saturated rings. The minimum Gasteiger partial charge on any atom is -0.493 e. The zero-order valence-electron chi connectivity index (χ0n) is 14.6. The molecule has 6 nitrogen and oxygen atoms in total. The Morgan fingerprint density at radius 3 is 2.00 bits per heavy atom. The van der Waals surface area contributed by atoms with Crippen molar-refractivity contribution in [2.75, 3.05) is 13.2 Å². The van der Waals surface area contributed by atoms with E-state index in [4.69, 9.17) is 14.6 Å². The number of rotatable bonds is 8. The van der Waals surface area contributed by atoms with Crippen molar-refractivity contribution in [2.24, 2.45) is 5.14 Å². The Morgan fingerprint density at radius 2 is 1.54 bits per heavy atom. The van der Waals surface area contributed by atoms with Crippen LogP contribution in [0.1, 0.15) is 29.8 Å². The van der Waals surface area contributed by atoms with Crippen molar-refractivity contribution in [1.82, 2.24) is 0 Å². The van der Waals surface area contributed by atoms with Gasteiger partial charge in [-0.05, 0) is 49.8 Å². The van der Waals surface area contributed by atoms with Gasteiger partial charge >= 0.3 is 0 Å². The molecule has 0 aromatic heterocycles. The first-order valence-corrected chi connectivity index (χ1v) is 9.65. The van der Waals surface area contributed by atoms with Crippen molar-refractivity contribution >= 4 is 21.9 Å². The average Bonchev–Trinajstić information content (AvgIpc) is 2.60. The summed E-state index contributed by atoms with van der Waals surface area (Å²) in [6.07, 6.45) is 2.99. The van der Waals surface area contributed by atoms with Gasteiger partial charge in [0.1, 0.15) is 17.1 Å². The predicted octanol–water partition coefficient (Wildman–Crippen LogP) is 3.03. The fourth-order valence-electron chi connectivity index (χ4n) is 2.33. The van der Waals surface area contributed by atoms with Gasteiger partial charge in [-0.1, -0.05) is 24.3 Å². The minimum atomic E-state index is -3.74. The summed E-state index contributed by atoms with van der Waals surface area (Å²) in [4.78, 5) is 12.7. The summed E-state index contributed by atoms with van der Waals surface area (Å²) in [5, 5.41) is 5.07. The van der Waals surface area contributed by atoms with Crippen LogP contribution in [0, 0.1) is 0 Å². The highest BCUT2D eigenvalue weighted by Crippen LogP contribution is 2.29. The smallest absolute Gasteiger partial charge is 0.238 e. The summed E-state index contributed by atoms with van der Waals surface area (Å²) in [6.45, 7) is 4.53. The fraction of sp³-hybridized carbons (Fsp3) is 0.211. The van der Waals surface area contributed by atoms with Crippen molar-refractivity contribution in [1.29, 1.82) is 0 Å². The Morgan fingerprint density at radius 1 is 1.00 bits per heavy atom. The van der Waals surface area contributed by atoms with Crippen LogP contribution in [0.15, 0.2) is 53.4 Å². The lowest BCUT2D eigenvalue weighted by Crippen LogP contribution is -2.11. The van der Waals surface area contributed by atoms with Gasteiger partial charge in [-0.2, -0.15) is 0 Å². The van der Waals surface area contributed by atoms with Crippen LogP contribution in [0.4, 0.5) is 0 Å². The Hall–Kier alpha value is -2.64. The van der Waals surface area contributed by atoms with Gasteiger partial charge in [-0.15, -0.1) is 0 Å². The van der Waals surface area contributed by atoms with Crippen LogP contribution in [0.2, 0.25) is 0 Å². The molecule has 2 rings (SSSR count). The number of primary sulfonamides is 1. The number of hydrogen-bond donors (Lipinski definition) is 1. The van der Waals surface area contributed by atoms with E-state index in [9.17, 15) is 13.2 Å². The van der Waals surface area contributed by atoms with E-state index in [0.29, 0.717) is 35.8 Å². The molecule has 0 amide bonds. The maximum atomic E-state index is 12.7. The third-order valence-electron chi connectivity index (χ3n) is 3.47. The maximum absolute atomic E-state index is 12.7. The van der Waals surface area contributed by atoms with Crippen molar-refractivity contribution < 1.29 is 22.7 Å². The van der Waals surface area contributed by atoms with Gasteiger partial charge in [0.2, 0.25) is 10.0 Å². The highest BCUT2D eigenvalue weighted by Gasteiger charge is 2.16. The summed E-state index contributed by atoms with van der Waals surface area (Å²) < 4.78 is 33.6. The highest BCUT2D eigenvalue weighted by atomic mass is 32.2. The Kier molecular flexibility index (Phi) is 6.54. The number of carbonyl (C=O) groups excluding carboxylic acids is 1. The van der Waals surface area contributed by atoms with Crippen LogP contribution in [-0.4, -0.2) is 27.4 Å². The fourth-order valence-corrected chi connectivity index (χ4v) is 2.84. The van der Waals surface area contributed by atoms with Crippen molar-refractivity contribution in [3.05, 3.63) is 59.7 Å². The average molecular weight is 375 g/mol. The van der Waals surface area contributed by atoms with Crippen LogP contribution in [0.5, 0.6) is 11.5 Å². The zero-order valence-corrected chi connectivity index (χ0v) is 15.5. The molecular weight excluding hydrogens is 354 g/mol. The molecule has 0 saturated carbocycles. The van der Waals surface area contributed by atoms with Crippen LogP contribution >= 0.6 is 0 Å². The second kappa shape index (κ2) is 8.64. The number of hydrogen-bond acceptors (Lipinski definition) is 5. The summed E-state index contributed by atoms with van der Waals surface area (Å²) in [5.74, 6) is 0.642. The first-order valence-electron chi connectivity index (χ1n) is 8.10. The van der Waals surface area contributed by atoms with E-state index in [1.165, 1.54) is 18.2 Å². The molecule has 26 heavy (non-hydrogen) atoms. The predicted molar refractivity (Wildman–Crippen MR) is 100.0 cm³/mol. The van der Waals surface area contributed by atoms with Gasteiger partial charge in [-0.3, -0.25) is 4.79 Å². The first-order chi connectivity index (χ1) is 12.4. The number of sulfonamides is 1. The van der Waals surface area contributed by atoms with Gasteiger partial charge in [-0.25, -0.2) is 13.6 Å². The molecule has 0 aliphatic carbocycles. The molecule has 0 radical (unpaired) electrons. The molecule has 0 bridgehead atoms. The van der Waals surface area contributed by atoms with Crippen molar-refractivity contribution in [2.45, 2.75) is 18.7 Å². The van der Waals surface area contributed by atoms with Gasteiger partial charge in [0.25, 0.3) is 0 Å². The van der Waals surface area contributed by atoms with Crippen molar-refractivity contribution in [3.8, 4) is 11.5 Å². The van der Waals surface area contributed by atoms with E-state index >= 15 is 0 Å². The molecule has 0 heterocycles. The van der Waals surface area contributed by atoms with E-state index in [0.717, 1.165) is 0 Å². The number of ether oxygens (including phenoxy) is 2. The second-order valence-corrected chi connectivity index (χ2v) is 6.87. The van der Waals surface area contributed by atoms with Gasteiger partial charge in [0.05, 0.1) is 18.1 Å². The molecule has 7 heteroatoms. The van der Waals surface area contributed by atoms with E-state index in [1.54, 1.807) is 36.4 Å². The number of ketones is 1. The molecule has 0 atom stereocenters. The molecule has 0 spiro atoms. The molecular formula is C19H21NO5S. The third kappa shape index (κ3) is 4.93. The lowest BCUT2D eigenvalue weighted by molar-refractivity contribution is 0.104. The Balaban J connectivity index is 2.30. The number of benzene rings is 2. The summed E-state index contributed by atoms with van der Waals surface area (Å²) in [7, 11) is -3.74. The Bertz CT molecular complexity index is 878. The monoisotopic (exact) mass is 375 g/mol. The largest absolute Gasteiger partial charge is 0.493 e.